The van der Waals surface area contributed by atoms with Crippen molar-refractivity contribution in [3.05, 3.63) is 0 Å². The number of piperidine rings is 2. The molecule has 6 nitrogen and oxygen atoms in total. The summed E-state index contributed by atoms with van der Waals surface area (Å²) in [6.07, 6.45) is 4.97. The lowest BCUT2D eigenvalue weighted by molar-refractivity contribution is -0.139. The van der Waals surface area contributed by atoms with E-state index in [0.29, 0.717) is 0 Å². The zero-order chi connectivity index (χ0) is 14.4. The monoisotopic (exact) mass is 284 g/mol. The molecular formula is C14H24N2O4. The Kier molecular flexibility index (Phi) is 5.79. The molecule has 2 fully saturated rings. The number of carboxylic acid groups (broad SMARTS) is 1. The van der Waals surface area contributed by atoms with Crippen LogP contribution in [0.3, 0.4) is 0 Å². The SMILES string of the molecule is O=C(O)CCOC1CCN(C(=O)[C@@H]2CCCCN2)CC1. The minimum atomic E-state index is -0.832. The van der Waals surface area contributed by atoms with E-state index in [4.69, 9.17) is 9.84 Å². The molecule has 0 bridgehead atoms. The summed E-state index contributed by atoms with van der Waals surface area (Å²) >= 11 is 0. The van der Waals surface area contributed by atoms with Gasteiger partial charge < -0.3 is 20.1 Å². The summed E-state index contributed by atoms with van der Waals surface area (Å²) in [5.41, 5.74) is 0. The number of nitrogens with zero attached hydrogens (tertiary/aromatic N) is 1. The molecule has 1 atom stereocenters. The molecule has 0 saturated carbocycles. The fraction of sp³-hybridized carbons (Fsp3) is 0.857. The Labute approximate surface area is 119 Å². The van der Waals surface area contributed by atoms with Gasteiger partial charge in [-0.15, -0.1) is 0 Å². The number of carboxylic acids is 1. The first-order valence-corrected chi connectivity index (χ1v) is 7.52. The van der Waals surface area contributed by atoms with E-state index < -0.39 is 5.97 Å². The van der Waals surface area contributed by atoms with Crippen molar-refractivity contribution < 1.29 is 19.4 Å². The summed E-state index contributed by atoms with van der Waals surface area (Å²) < 4.78 is 5.53. The van der Waals surface area contributed by atoms with Crippen molar-refractivity contribution in [3.8, 4) is 0 Å². The first-order chi connectivity index (χ1) is 9.66. The molecule has 20 heavy (non-hydrogen) atoms. The third-order valence-corrected chi connectivity index (χ3v) is 4.03. The van der Waals surface area contributed by atoms with Gasteiger partial charge in [-0.2, -0.15) is 0 Å². The van der Waals surface area contributed by atoms with Gasteiger partial charge in [-0.25, -0.2) is 0 Å². The summed E-state index contributed by atoms with van der Waals surface area (Å²) in [5.74, 6) is -0.616. The third kappa shape index (κ3) is 4.45. The second-order valence-corrected chi connectivity index (χ2v) is 5.54. The molecule has 2 aliphatic heterocycles. The fourth-order valence-corrected chi connectivity index (χ4v) is 2.84. The maximum atomic E-state index is 12.3. The number of hydrogen-bond acceptors (Lipinski definition) is 4. The van der Waals surface area contributed by atoms with Crippen LogP contribution < -0.4 is 5.32 Å². The van der Waals surface area contributed by atoms with Crippen LogP contribution in [0.5, 0.6) is 0 Å². The molecule has 0 unspecified atom stereocenters. The van der Waals surface area contributed by atoms with Crippen molar-refractivity contribution in [2.24, 2.45) is 0 Å². The first kappa shape index (κ1) is 15.3. The third-order valence-electron chi connectivity index (χ3n) is 4.03. The number of hydrogen-bond donors (Lipinski definition) is 2. The van der Waals surface area contributed by atoms with Crippen LogP contribution in [0.1, 0.15) is 38.5 Å². The van der Waals surface area contributed by atoms with Crippen LogP contribution in [-0.4, -0.2) is 60.3 Å². The molecule has 114 valence electrons. The predicted molar refractivity (Wildman–Crippen MR) is 73.4 cm³/mol. The number of carbonyl (C=O) groups excluding carboxylic acids is 1. The first-order valence-electron chi connectivity index (χ1n) is 7.52. The van der Waals surface area contributed by atoms with E-state index >= 15 is 0 Å². The van der Waals surface area contributed by atoms with Gasteiger partial charge in [-0.3, -0.25) is 9.59 Å². The summed E-state index contributed by atoms with van der Waals surface area (Å²) in [5, 5.41) is 11.8. The molecule has 6 heteroatoms. The Morgan fingerprint density at radius 1 is 1.20 bits per heavy atom. The smallest absolute Gasteiger partial charge is 0.305 e. The maximum absolute atomic E-state index is 12.3. The minimum Gasteiger partial charge on any atom is -0.481 e. The van der Waals surface area contributed by atoms with Crippen LogP contribution in [0.4, 0.5) is 0 Å². The number of aliphatic carboxylic acids is 1. The molecule has 2 rings (SSSR count). The fourth-order valence-electron chi connectivity index (χ4n) is 2.84. The highest BCUT2D eigenvalue weighted by Crippen LogP contribution is 2.17. The molecule has 0 aromatic carbocycles. The van der Waals surface area contributed by atoms with E-state index in [1.165, 1.54) is 0 Å². The van der Waals surface area contributed by atoms with Crippen LogP contribution in [0.15, 0.2) is 0 Å². The average molecular weight is 284 g/mol. The van der Waals surface area contributed by atoms with Crippen molar-refractivity contribution >= 4 is 11.9 Å². The Hall–Kier alpha value is -1.14. The molecule has 2 aliphatic rings. The summed E-state index contributed by atoms with van der Waals surface area (Å²) in [6, 6.07) is -0.00627. The lowest BCUT2D eigenvalue weighted by Gasteiger charge is -2.35. The molecule has 2 N–H and O–H groups in total. The summed E-state index contributed by atoms with van der Waals surface area (Å²) in [7, 11) is 0. The van der Waals surface area contributed by atoms with E-state index in [0.717, 1.165) is 51.7 Å². The van der Waals surface area contributed by atoms with Crippen molar-refractivity contribution in [2.75, 3.05) is 26.2 Å². The predicted octanol–water partition coefficient (Wildman–Crippen LogP) is 0.611. The standard InChI is InChI=1S/C14H24N2O4/c17-13(18)6-10-20-11-4-8-16(9-5-11)14(19)12-3-1-2-7-15-12/h11-12,15H,1-10H2,(H,17,18)/t12-/m0/s1. The highest BCUT2D eigenvalue weighted by Gasteiger charge is 2.29. The van der Waals surface area contributed by atoms with Gasteiger partial charge in [-0.05, 0) is 32.2 Å². The number of rotatable bonds is 5. The van der Waals surface area contributed by atoms with Crippen LogP contribution >= 0.6 is 0 Å². The van der Waals surface area contributed by atoms with Gasteiger partial charge in [0.2, 0.25) is 5.91 Å². The van der Waals surface area contributed by atoms with Crippen molar-refractivity contribution in [2.45, 2.75) is 50.7 Å². The Balaban J connectivity index is 1.68. The number of amides is 1. The van der Waals surface area contributed by atoms with Gasteiger partial charge in [0.15, 0.2) is 0 Å². The number of nitrogens with one attached hydrogen (secondary N) is 1. The van der Waals surface area contributed by atoms with Gasteiger partial charge in [-0.1, -0.05) is 6.42 Å². The van der Waals surface area contributed by atoms with Crippen molar-refractivity contribution in [1.29, 1.82) is 0 Å². The highest BCUT2D eigenvalue weighted by atomic mass is 16.5. The van der Waals surface area contributed by atoms with Crippen LogP contribution in [0.2, 0.25) is 0 Å². The van der Waals surface area contributed by atoms with E-state index in [-0.39, 0.29) is 31.1 Å². The maximum Gasteiger partial charge on any atom is 0.305 e. The Bertz CT molecular complexity index is 334. The van der Waals surface area contributed by atoms with Gasteiger partial charge >= 0.3 is 5.97 Å². The molecule has 0 aromatic heterocycles. The molecule has 0 aromatic rings. The number of carbonyl (C=O) groups is 2. The average Bonchev–Trinajstić information content (AvgIpc) is 2.48. The number of ether oxygens (including phenoxy) is 1. The second kappa shape index (κ2) is 7.59. The van der Waals surface area contributed by atoms with Crippen molar-refractivity contribution in [1.82, 2.24) is 10.2 Å². The zero-order valence-corrected chi connectivity index (χ0v) is 11.8. The van der Waals surface area contributed by atoms with E-state index in [1.807, 2.05) is 4.90 Å². The van der Waals surface area contributed by atoms with Gasteiger partial charge in [0.05, 0.1) is 25.2 Å². The molecule has 0 radical (unpaired) electrons. The lowest BCUT2D eigenvalue weighted by Crippen LogP contribution is -2.51. The highest BCUT2D eigenvalue weighted by molar-refractivity contribution is 5.82. The minimum absolute atomic E-state index is 0.00627. The second-order valence-electron chi connectivity index (χ2n) is 5.54. The van der Waals surface area contributed by atoms with Crippen molar-refractivity contribution in [3.63, 3.8) is 0 Å². The van der Waals surface area contributed by atoms with Crippen LogP contribution in [0.25, 0.3) is 0 Å². The Morgan fingerprint density at radius 3 is 2.55 bits per heavy atom. The summed E-state index contributed by atoms with van der Waals surface area (Å²) in [4.78, 5) is 24.6. The molecule has 2 saturated heterocycles. The van der Waals surface area contributed by atoms with E-state index in [1.54, 1.807) is 0 Å². The van der Waals surface area contributed by atoms with Crippen LogP contribution in [0, 0.1) is 0 Å². The molecule has 1 amide bonds. The number of likely N-dealkylation sites (tertiary alicyclic amines) is 1. The topological polar surface area (TPSA) is 78.9 Å². The summed E-state index contributed by atoms with van der Waals surface area (Å²) in [6.45, 7) is 2.63. The largest absolute Gasteiger partial charge is 0.481 e. The molecular weight excluding hydrogens is 260 g/mol. The Morgan fingerprint density at radius 2 is 1.95 bits per heavy atom. The van der Waals surface area contributed by atoms with Crippen LogP contribution in [-0.2, 0) is 14.3 Å². The van der Waals surface area contributed by atoms with Gasteiger partial charge in [0.1, 0.15) is 0 Å². The molecule has 0 aliphatic carbocycles. The molecule has 0 spiro atoms. The van der Waals surface area contributed by atoms with E-state index in [2.05, 4.69) is 5.32 Å². The van der Waals surface area contributed by atoms with Gasteiger partial charge in [0, 0.05) is 13.1 Å². The van der Waals surface area contributed by atoms with Gasteiger partial charge in [0.25, 0.3) is 0 Å². The van der Waals surface area contributed by atoms with E-state index in [9.17, 15) is 9.59 Å². The normalized spacial score (nSPS) is 24.6. The zero-order valence-electron chi connectivity index (χ0n) is 11.8. The lowest BCUT2D eigenvalue weighted by atomic mass is 10.0. The quantitative estimate of drug-likeness (QED) is 0.773. The molecule has 2 heterocycles.